The van der Waals surface area contributed by atoms with Crippen LogP contribution >= 0.6 is 0 Å². The molecule has 7 heteroatoms. The van der Waals surface area contributed by atoms with E-state index in [1.807, 2.05) is 11.8 Å². The molecule has 0 aliphatic rings. The zero-order valence-electron chi connectivity index (χ0n) is 9.70. The van der Waals surface area contributed by atoms with Gasteiger partial charge in [0.25, 0.3) is 0 Å². The molecule has 1 aromatic rings. The Bertz CT molecular complexity index is 368. The number of pyridine rings is 1. The van der Waals surface area contributed by atoms with Gasteiger partial charge in [0, 0.05) is 13.2 Å². The lowest BCUT2D eigenvalue weighted by atomic mass is 10.4. The number of aromatic nitrogens is 1. The Hall–Kier alpha value is -1.73. The third-order valence-corrected chi connectivity index (χ3v) is 2.29. The molecule has 0 amide bonds. The quantitative estimate of drug-likeness (QED) is 0.426. The summed E-state index contributed by atoms with van der Waals surface area (Å²) in [5, 5.41) is 10.7. The third kappa shape index (κ3) is 3.97. The van der Waals surface area contributed by atoms with E-state index in [1.165, 1.54) is 12.3 Å². The van der Waals surface area contributed by atoms with Gasteiger partial charge in [0.15, 0.2) is 0 Å². The highest BCUT2D eigenvalue weighted by atomic mass is 16.6. The highest BCUT2D eigenvalue weighted by Gasteiger charge is 2.15. The first kappa shape index (κ1) is 13.3. The van der Waals surface area contributed by atoms with Crippen LogP contribution in [0.5, 0.6) is 5.75 Å². The maximum absolute atomic E-state index is 10.7. The molecule has 0 unspecified atom stereocenters. The maximum atomic E-state index is 10.7. The topological polar surface area (TPSA) is 94.5 Å². The number of rotatable bonds is 7. The van der Waals surface area contributed by atoms with Crippen molar-refractivity contribution in [3.05, 3.63) is 28.4 Å². The summed E-state index contributed by atoms with van der Waals surface area (Å²) in [5.74, 6) is -0.0751. The fourth-order valence-corrected chi connectivity index (χ4v) is 1.30. The molecule has 0 bridgehead atoms. The fraction of sp³-hybridized carbons (Fsp3) is 0.500. The summed E-state index contributed by atoms with van der Waals surface area (Å²) in [6.07, 6.45) is 1.36. The second-order valence-corrected chi connectivity index (χ2v) is 3.32. The summed E-state index contributed by atoms with van der Waals surface area (Å²) in [7, 11) is 0. The van der Waals surface area contributed by atoms with Gasteiger partial charge in [-0.2, -0.15) is 0 Å². The summed E-state index contributed by atoms with van der Waals surface area (Å²) in [6.45, 7) is 4.21. The minimum Gasteiger partial charge on any atom is -0.484 e. The maximum Gasteiger partial charge on any atom is 0.406 e. The zero-order valence-corrected chi connectivity index (χ0v) is 9.70. The number of hydrogen-bond donors (Lipinski definition) is 1. The van der Waals surface area contributed by atoms with Crippen molar-refractivity contribution in [3.8, 4) is 5.75 Å². The second kappa shape index (κ2) is 6.77. The van der Waals surface area contributed by atoms with Crippen LogP contribution in [0.3, 0.4) is 0 Å². The molecule has 1 heterocycles. The van der Waals surface area contributed by atoms with Crippen molar-refractivity contribution in [2.24, 2.45) is 5.73 Å². The second-order valence-electron chi connectivity index (χ2n) is 3.32. The van der Waals surface area contributed by atoms with Crippen LogP contribution in [0.4, 0.5) is 5.82 Å². The molecule has 2 N–H and O–H groups in total. The predicted octanol–water partition coefficient (Wildman–Crippen LogP) is 0.607. The lowest BCUT2D eigenvalue weighted by molar-refractivity contribution is -0.390. The van der Waals surface area contributed by atoms with E-state index in [0.29, 0.717) is 19.8 Å². The van der Waals surface area contributed by atoms with Gasteiger partial charge in [0.2, 0.25) is 5.75 Å². The molecule has 0 aromatic carbocycles. The molecule has 1 aromatic heterocycles. The zero-order chi connectivity index (χ0) is 12.7. The van der Waals surface area contributed by atoms with Crippen molar-refractivity contribution in [3.63, 3.8) is 0 Å². The summed E-state index contributed by atoms with van der Waals surface area (Å²) in [4.78, 5) is 15.7. The molecule has 17 heavy (non-hydrogen) atoms. The first-order valence-corrected chi connectivity index (χ1v) is 5.33. The summed E-state index contributed by atoms with van der Waals surface area (Å²) < 4.78 is 5.33. The summed E-state index contributed by atoms with van der Waals surface area (Å²) in [6, 6.07) is 3.13. The fourth-order valence-electron chi connectivity index (χ4n) is 1.30. The number of nitro groups is 1. The normalized spacial score (nSPS) is 10.5. The van der Waals surface area contributed by atoms with E-state index in [9.17, 15) is 10.1 Å². The van der Waals surface area contributed by atoms with Crippen molar-refractivity contribution in [1.82, 2.24) is 9.88 Å². The van der Waals surface area contributed by atoms with E-state index < -0.39 is 4.92 Å². The Kier molecular flexibility index (Phi) is 5.31. The minimum absolute atomic E-state index is 0.186. The van der Waals surface area contributed by atoms with E-state index in [4.69, 9.17) is 10.5 Å². The van der Waals surface area contributed by atoms with Crippen molar-refractivity contribution < 1.29 is 9.66 Å². The SMILES string of the molecule is CCN(CN)CCOc1cccnc1[N+](=O)[O-]. The van der Waals surface area contributed by atoms with Gasteiger partial charge in [-0.15, -0.1) is 0 Å². The molecule has 0 aliphatic carbocycles. The van der Waals surface area contributed by atoms with Crippen LogP contribution in [-0.4, -0.2) is 41.2 Å². The van der Waals surface area contributed by atoms with Gasteiger partial charge < -0.3 is 20.6 Å². The molecule has 0 spiro atoms. The van der Waals surface area contributed by atoms with Crippen molar-refractivity contribution in [2.45, 2.75) is 6.92 Å². The molecule has 0 saturated heterocycles. The van der Waals surface area contributed by atoms with Crippen molar-refractivity contribution in [2.75, 3.05) is 26.4 Å². The lowest BCUT2D eigenvalue weighted by Gasteiger charge is -2.17. The molecular weight excluding hydrogens is 224 g/mol. The van der Waals surface area contributed by atoms with Crippen LogP contribution in [0.2, 0.25) is 0 Å². The first-order valence-electron chi connectivity index (χ1n) is 5.33. The Balaban J connectivity index is 2.54. The predicted molar refractivity (Wildman–Crippen MR) is 62.7 cm³/mol. The summed E-state index contributed by atoms with van der Waals surface area (Å²) in [5.41, 5.74) is 5.49. The number of hydrogen-bond acceptors (Lipinski definition) is 6. The van der Waals surface area contributed by atoms with Crippen LogP contribution in [-0.2, 0) is 0 Å². The Labute approximate surface area is 99.3 Å². The first-order chi connectivity index (χ1) is 8.19. The Morgan fingerprint density at radius 1 is 1.65 bits per heavy atom. The molecule has 94 valence electrons. The standard InChI is InChI=1S/C10H16N4O3/c1-2-13(8-11)6-7-17-9-4-3-5-12-10(9)14(15)16/h3-5H,2,6-8,11H2,1H3. The van der Waals surface area contributed by atoms with E-state index in [2.05, 4.69) is 4.98 Å². The van der Waals surface area contributed by atoms with Gasteiger partial charge in [-0.05, 0) is 28.6 Å². The highest BCUT2D eigenvalue weighted by molar-refractivity contribution is 5.38. The van der Waals surface area contributed by atoms with E-state index in [1.54, 1.807) is 6.07 Å². The van der Waals surface area contributed by atoms with E-state index >= 15 is 0 Å². The smallest absolute Gasteiger partial charge is 0.406 e. The van der Waals surface area contributed by atoms with Gasteiger partial charge in [0.1, 0.15) is 12.8 Å². The molecule has 1 rings (SSSR count). The molecule has 0 fully saturated rings. The van der Waals surface area contributed by atoms with Gasteiger partial charge in [-0.1, -0.05) is 6.92 Å². The molecule has 0 aliphatic heterocycles. The van der Waals surface area contributed by atoms with Gasteiger partial charge >= 0.3 is 5.82 Å². The average molecular weight is 240 g/mol. The van der Waals surface area contributed by atoms with Crippen molar-refractivity contribution >= 4 is 5.82 Å². The van der Waals surface area contributed by atoms with Gasteiger partial charge in [-0.25, -0.2) is 0 Å². The number of ether oxygens (including phenoxy) is 1. The minimum atomic E-state index is -0.560. The van der Waals surface area contributed by atoms with Crippen LogP contribution in [0.25, 0.3) is 0 Å². The van der Waals surface area contributed by atoms with E-state index in [-0.39, 0.29) is 11.6 Å². The molecule has 0 atom stereocenters. The lowest BCUT2D eigenvalue weighted by Crippen LogP contribution is -2.33. The molecule has 0 radical (unpaired) electrons. The average Bonchev–Trinajstić information content (AvgIpc) is 2.35. The van der Waals surface area contributed by atoms with Gasteiger partial charge in [-0.3, -0.25) is 4.90 Å². The van der Waals surface area contributed by atoms with Crippen LogP contribution < -0.4 is 10.5 Å². The third-order valence-electron chi connectivity index (χ3n) is 2.29. The van der Waals surface area contributed by atoms with Gasteiger partial charge in [0.05, 0.1) is 0 Å². The monoisotopic (exact) mass is 240 g/mol. The molecule has 0 saturated carbocycles. The van der Waals surface area contributed by atoms with Crippen molar-refractivity contribution in [1.29, 1.82) is 0 Å². The van der Waals surface area contributed by atoms with Crippen LogP contribution in [0.1, 0.15) is 6.92 Å². The van der Waals surface area contributed by atoms with Crippen LogP contribution in [0.15, 0.2) is 18.3 Å². The Morgan fingerprint density at radius 2 is 2.41 bits per heavy atom. The number of nitrogens with zero attached hydrogens (tertiary/aromatic N) is 3. The highest BCUT2D eigenvalue weighted by Crippen LogP contribution is 2.22. The number of nitrogens with two attached hydrogens (primary N) is 1. The van der Waals surface area contributed by atoms with E-state index in [0.717, 1.165) is 6.54 Å². The Morgan fingerprint density at radius 3 is 3.00 bits per heavy atom. The summed E-state index contributed by atoms with van der Waals surface area (Å²) >= 11 is 0. The largest absolute Gasteiger partial charge is 0.484 e. The van der Waals surface area contributed by atoms with Crippen LogP contribution in [0, 0.1) is 10.1 Å². The number of likely N-dealkylation sites (N-methyl/N-ethyl adjacent to an activating group) is 1. The molecule has 7 nitrogen and oxygen atoms in total. The molecular formula is C10H16N4O3.